The number of hydrogen-bond donors (Lipinski definition) is 1. The molecule has 0 aliphatic rings. The molecule has 2 aromatic carbocycles. The van der Waals surface area contributed by atoms with E-state index in [2.05, 4.69) is 20.4 Å². The topological polar surface area (TPSA) is 94.7 Å². The van der Waals surface area contributed by atoms with E-state index >= 15 is 0 Å². The van der Waals surface area contributed by atoms with E-state index in [1.165, 1.54) is 29.7 Å². The molecule has 2 aromatic heterocycles. The Balaban J connectivity index is 1.66. The SMILES string of the molecule is O=C(Cn1cnc2ccccc2c1=O)Nc1cc(C(F)(F)F)ccc1-n1cncn1. The molecule has 0 aliphatic carbocycles. The van der Waals surface area contributed by atoms with Gasteiger partial charge in [-0.2, -0.15) is 18.3 Å². The van der Waals surface area contributed by atoms with Crippen molar-refractivity contribution in [3.63, 3.8) is 0 Å². The van der Waals surface area contributed by atoms with Crippen LogP contribution in [0.15, 0.2) is 66.2 Å². The number of aromatic nitrogens is 5. The van der Waals surface area contributed by atoms with Crippen LogP contribution >= 0.6 is 0 Å². The normalized spacial score (nSPS) is 11.6. The summed E-state index contributed by atoms with van der Waals surface area (Å²) in [5, 5.41) is 6.64. The molecule has 0 fully saturated rings. The molecule has 0 saturated heterocycles. The smallest absolute Gasteiger partial charge is 0.323 e. The lowest BCUT2D eigenvalue weighted by Gasteiger charge is -2.15. The third-order valence-electron chi connectivity index (χ3n) is 4.31. The lowest BCUT2D eigenvalue weighted by Crippen LogP contribution is -2.28. The summed E-state index contributed by atoms with van der Waals surface area (Å²) >= 11 is 0. The summed E-state index contributed by atoms with van der Waals surface area (Å²) in [5.74, 6) is -0.699. The first kappa shape index (κ1) is 19.3. The summed E-state index contributed by atoms with van der Waals surface area (Å²) in [6.07, 6.45) is -0.881. The van der Waals surface area contributed by atoms with Crippen molar-refractivity contribution in [3.05, 3.63) is 77.4 Å². The Morgan fingerprint density at radius 2 is 1.90 bits per heavy atom. The van der Waals surface area contributed by atoms with Crippen LogP contribution in [-0.4, -0.2) is 30.2 Å². The highest BCUT2D eigenvalue weighted by atomic mass is 19.4. The maximum Gasteiger partial charge on any atom is 0.416 e. The Morgan fingerprint density at radius 3 is 2.63 bits per heavy atom. The molecule has 4 rings (SSSR count). The van der Waals surface area contributed by atoms with Gasteiger partial charge in [-0.15, -0.1) is 0 Å². The lowest BCUT2D eigenvalue weighted by atomic mass is 10.1. The number of amides is 1. The lowest BCUT2D eigenvalue weighted by molar-refractivity contribution is -0.137. The summed E-state index contributed by atoms with van der Waals surface area (Å²) in [4.78, 5) is 32.9. The molecule has 0 saturated carbocycles. The maximum absolute atomic E-state index is 13.1. The van der Waals surface area contributed by atoms with Crippen molar-refractivity contribution < 1.29 is 18.0 Å². The summed E-state index contributed by atoms with van der Waals surface area (Å²) in [6.45, 7) is -0.427. The van der Waals surface area contributed by atoms with Gasteiger partial charge in [0.1, 0.15) is 19.2 Å². The highest BCUT2D eigenvalue weighted by molar-refractivity contribution is 5.93. The van der Waals surface area contributed by atoms with Crippen molar-refractivity contribution in [2.45, 2.75) is 12.7 Å². The number of carbonyl (C=O) groups is 1. The predicted molar refractivity (Wildman–Crippen MR) is 101 cm³/mol. The van der Waals surface area contributed by atoms with Gasteiger partial charge in [0.15, 0.2) is 0 Å². The fourth-order valence-electron chi connectivity index (χ4n) is 2.91. The molecule has 30 heavy (non-hydrogen) atoms. The molecule has 11 heteroatoms. The summed E-state index contributed by atoms with van der Waals surface area (Å²) in [7, 11) is 0. The fraction of sp³-hybridized carbons (Fsp3) is 0.105. The number of nitrogens with zero attached hydrogens (tertiary/aromatic N) is 5. The number of carbonyl (C=O) groups excluding carboxylic acids is 1. The second-order valence-corrected chi connectivity index (χ2v) is 6.31. The largest absolute Gasteiger partial charge is 0.416 e. The van der Waals surface area contributed by atoms with E-state index in [0.717, 1.165) is 16.7 Å². The van der Waals surface area contributed by atoms with E-state index in [1.807, 2.05) is 0 Å². The Morgan fingerprint density at radius 1 is 1.10 bits per heavy atom. The molecular weight excluding hydrogens is 401 g/mol. The second kappa shape index (κ2) is 7.43. The van der Waals surface area contributed by atoms with Crippen LogP contribution in [0.3, 0.4) is 0 Å². The van der Waals surface area contributed by atoms with Crippen LogP contribution in [0.1, 0.15) is 5.56 Å². The fourth-order valence-corrected chi connectivity index (χ4v) is 2.91. The van der Waals surface area contributed by atoms with E-state index in [0.29, 0.717) is 10.9 Å². The van der Waals surface area contributed by atoms with Crippen molar-refractivity contribution in [2.75, 3.05) is 5.32 Å². The minimum absolute atomic E-state index is 0.123. The van der Waals surface area contributed by atoms with Gasteiger partial charge in [0.05, 0.1) is 34.2 Å². The van der Waals surface area contributed by atoms with E-state index in [-0.39, 0.29) is 11.4 Å². The average Bonchev–Trinajstić information content (AvgIpc) is 3.24. The maximum atomic E-state index is 13.1. The van der Waals surface area contributed by atoms with Gasteiger partial charge < -0.3 is 5.32 Å². The standard InChI is InChI=1S/C19H13F3N6O2/c20-19(21,22)12-5-6-16(28-10-23-9-25-28)15(7-12)26-17(29)8-27-11-24-14-4-2-1-3-13(14)18(27)30/h1-7,9-11H,8H2,(H,26,29). The molecule has 0 atom stereocenters. The van der Waals surface area contributed by atoms with Gasteiger partial charge in [-0.3, -0.25) is 14.2 Å². The van der Waals surface area contributed by atoms with E-state index < -0.39 is 29.8 Å². The number of anilines is 1. The zero-order valence-corrected chi connectivity index (χ0v) is 15.2. The molecule has 0 radical (unpaired) electrons. The van der Waals surface area contributed by atoms with Crippen LogP contribution in [0.25, 0.3) is 16.6 Å². The molecule has 4 aromatic rings. The molecule has 0 bridgehead atoms. The van der Waals surface area contributed by atoms with Crippen molar-refractivity contribution in [1.82, 2.24) is 24.3 Å². The van der Waals surface area contributed by atoms with Gasteiger partial charge in [0.2, 0.25) is 5.91 Å². The summed E-state index contributed by atoms with van der Waals surface area (Å²) in [5.41, 5.74) is -0.826. The quantitative estimate of drug-likeness (QED) is 0.554. The Bertz CT molecular complexity index is 1280. The zero-order chi connectivity index (χ0) is 21.3. The van der Waals surface area contributed by atoms with E-state index in [9.17, 15) is 22.8 Å². The number of benzene rings is 2. The van der Waals surface area contributed by atoms with Crippen molar-refractivity contribution in [1.29, 1.82) is 0 Å². The van der Waals surface area contributed by atoms with Crippen LogP contribution in [0.2, 0.25) is 0 Å². The summed E-state index contributed by atoms with van der Waals surface area (Å²) < 4.78 is 41.7. The molecule has 2 heterocycles. The predicted octanol–water partition coefficient (Wildman–Crippen LogP) is 2.63. The van der Waals surface area contributed by atoms with Gasteiger partial charge >= 0.3 is 6.18 Å². The molecule has 0 unspecified atom stereocenters. The van der Waals surface area contributed by atoms with Crippen LogP contribution in [0.5, 0.6) is 0 Å². The van der Waals surface area contributed by atoms with Crippen LogP contribution in [-0.2, 0) is 17.5 Å². The van der Waals surface area contributed by atoms with Crippen LogP contribution in [0, 0.1) is 0 Å². The highest BCUT2D eigenvalue weighted by Crippen LogP contribution is 2.33. The van der Waals surface area contributed by atoms with Crippen molar-refractivity contribution in [2.24, 2.45) is 0 Å². The first-order chi connectivity index (χ1) is 14.3. The van der Waals surface area contributed by atoms with Crippen LogP contribution in [0.4, 0.5) is 18.9 Å². The van der Waals surface area contributed by atoms with E-state index in [1.54, 1.807) is 24.3 Å². The van der Waals surface area contributed by atoms with Crippen LogP contribution < -0.4 is 10.9 Å². The molecule has 152 valence electrons. The number of hydrogen-bond acceptors (Lipinski definition) is 5. The minimum atomic E-state index is -4.60. The molecule has 8 nitrogen and oxygen atoms in total. The number of rotatable bonds is 4. The molecule has 0 aliphatic heterocycles. The number of nitrogens with one attached hydrogen (secondary N) is 1. The molecule has 0 spiro atoms. The number of halogens is 3. The Labute approximate surface area is 166 Å². The van der Waals surface area contributed by atoms with E-state index in [4.69, 9.17) is 0 Å². The number of para-hydroxylation sites is 1. The van der Waals surface area contributed by atoms with Crippen molar-refractivity contribution >= 4 is 22.5 Å². The van der Waals surface area contributed by atoms with Gasteiger partial charge in [0.25, 0.3) is 5.56 Å². The second-order valence-electron chi connectivity index (χ2n) is 6.31. The monoisotopic (exact) mass is 414 g/mol. The molecule has 1 amide bonds. The van der Waals surface area contributed by atoms with Gasteiger partial charge in [0, 0.05) is 0 Å². The molecular formula is C19H13F3N6O2. The third-order valence-corrected chi connectivity index (χ3v) is 4.31. The highest BCUT2D eigenvalue weighted by Gasteiger charge is 2.31. The van der Waals surface area contributed by atoms with Gasteiger partial charge in [-0.05, 0) is 30.3 Å². The zero-order valence-electron chi connectivity index (χ0n) is 15.2. The number of fused-ring (bicyclic) bond motifs is 1. The Hall–Kier alpha value is -4.02. The van der Waals surface area contributed by atoms with Crippen molar-refractivity contribution in [3.8, 4) is 5.69 Å². The summed E-state index contributed by atoms with van der Waals surface area (Å²) in [6, 6.07) is 9.49. The van der Waals surface area contributed by atoms with Gasteiger partial charge in [-0.1, -0.05) is 12.1 Å². The number of alkyl halides is 3. The average molecular weight is 414 g/mol. The third kappa shape index (κ3) is 3.77. The molecule has 1 N–H and O–H groups in total. The van der Waals surface area contributed by atoms with Gasteiger partial charge in [-0.25, -0.2) is 14.6 Å². The minimum Gasteiger partial charge on any atom is -0.323 e. The first-order valence-electron chi connectivity index (χ1n) is 8.63. The Kier molecular flexibility index (Phi) is 4.78. The first-order valence-corrected chi connectivity index (χ1v) is 8.63.